The van der Waals surface area contributed by atoms with E-state index < -0.39 is 11.5 Å². The average molecular weight is 183 g/mol. The van der Waals surface area contributed by atoms with E-state index >= 15 is 0 Å². The van der Waals surface area contributed by atoms with Crippen LogP contribution in [0.5, 0.6) is 0 Å². The summed E-state index contributed by atoms with van der Waals surface area (Å²) in [6, 6.07) is 0. The number of carboxylic acid groups (broad SMARTS) is 1. The number of carbonyl (C=O) groups is 1. The maximum Gasteiger partial charge on any atom is 0.324 e. The van der Waals surface area contributed by atoms with Gasteiger partial charge in [-0.1, -0.05) is 13.0 Å². The Morgan fingerprint density at radius 3 is 2.92 bits per heavy atom. The zero-order valence-electron chi connectivity index (χ0n) is 8.12. The zero-order valence-corrected chi connectivity index (χ0v) is 8.12. The summed E-state index contributed by atoms with van der Waals surface area (Å²) in [4.78, 5) is 13.2. The van der Waals surface area contributed by atoms with Crippen molar-refractivity contribution < 1.29 is 9.90 Å². The number of rotatable bonds is 4. The minimum atomic E-state index is -0.686. The molecule has 1 rings (SSSR count). The molecule has 74 valence electrons. The van der Waals surface area contributed by atoms with E-state index in [1.165, 1.54) is 0 Å². The molecule has 0 aromatic rings. The molecule has 1 aliphatic rings. The maximum absolute atomic E-state index is 11.2. The summed E-state index contributed by atoms with van der Waals surface area (Å²) >= 11 is 0. The smallest absolute Gasteiger partial charge is 0.324 e. The summed E-state index contributed by atoms with van der Waals surface area (Å²) in [7, 11) is 0. The Bertz CT molecular complexity index is 215. The molecular formula is C10H17NO2. The first-order chi connectivity index (χ1) is 6.17. The number of hydrogen-bond acceptors (Lipinski definition) is 2. The molecule has 1 fully saturated rings. The molecular weight excluding hydrogens is 166 g/mol. The van der Waals surface area contributed by atoms with Gasteiger partial charge in [-0.2, -0.15) is 0 Å². The van der Waals surface area contributed by atoms with Crippen molar-refractivity contribution in [2.45, 2.75) is 31.7 Å². The molecule has 0 aliphatic carbocycles. The lowest BCUT2D eigenvalue weighted by Crippen LogP contribution is -2.49. The van der Waals surface area contributed by atoms with Gasteiger partial charge in [0.05, 0.1) is 0 Å². The highest BCUT2D eigenvalue weighted by atomic mass is 16.4. The summed E-state index contributed by atoms with van der Waals surface area (Å²) in [5.74, 6) is -0.686. The second-order valence-corrected chi connectivity index (χ2v) is 3.53. The summed E-state index contributed by atoms with van der Waals surface area (Å²) in [5, 5.41) is 9.18. The Hall–Kier alpha value is -0.830. The normalized spacial score (nSPS) is 29.0. The first kappa shape index (κ1) is 10.3. The van der Waals surface area contributed by atoms with Gasteiger partial charge in [-0.15, -0.1) is 6.58 Å². The van der Waals surface area contributed by atoms with Crippen LogP contribution in [0.15, 0.2) is 12.7 Å². The third kappa shape index (κ3) is 1.61. The van der Waals surface area contributed by atoms with E-state index in [9.17, 15) is 9.90 Å². The van der Waals surface area contributed by atoms with E-state index in [0.29, 0.717) is 13.0 Å². The number of nitrogens with zero attached hydrogens (tertiary/aromatic N) is 1. The zero-order chi connectivity index (χ0) is 9.90. The predicted octanol–water partition coefficient (Wildman–Crippen LogP) is 1.50. The van der Waals surface area contributed by atoms with Gasteiger partial charge in [-0.05, 0) is 25.8 Å². The molecule has 0 bridgehead atoms. The number of aliphatic carboxylic acids is 1. The van der Waals surface area contributed by atoms with E-state index in [1.807, 2.05) is 11.8 Å². The Morgan fingerprint density at radius 2 is 2.46 bits per heavy atom. The van der Waals surface area contributed by atoms with Gasteiger partial charge < -0.3 is 5.11 Å². The van der Waals surface area contributed by atoms with Crippen LogP contribution < -0.4 is 0 Å². The molecule has 13 heavy (non-hydrogen) atoms. The Kier molecular flexibility index (Phi) is 3.09. The standard InChI is InChI=1S/C10H17NO2/c1-3-7-11-8-5-6-10(11,4-2)9(12)13/h3H,1,4-8H2,2H3,(H,12,13). The van der Waals surface area contributed by atoms with Gasteiger partial charge in [0.25, 0.3) is 0 Å². The minimum absolute atomic E-state index is 0.617. The van der Waals surface area contributed by atoms with Crippen LogP contribution in [0.1, 0.15) is 26.2 Å². The van der Waals surface area contributed by atoms with Crippen molar-refractivity contribution >= 4 is 5.97 Å². The lowest BCUT2D eigenvalue weighted by atomic mass is 9.93. The van der Waals surface area contributed by atoms with Crippen LogP contribution in [0, 0.1) is 0 Å². The number of likely N-dealkylation sites (tertiary alicyclic amines) is 1. The van der Waals surface area contributed by atoms with E-state index in [2.05, 4.69) is 6.58 Å². The highest BCUT2D eigenvalue weighted by Gasteiger charge is 2.45. The fourth-order valence-electron chi connectivity index (χ4n) is 2.15. The molecule has 1 saturated heterocycles. The monoisotopic (exact) mass is 183 g/mol. The van der Waals surface area contributed by atoms with Crippen LogP contribution in [0.4, 0.5) is 0 Å². The van der Waals surface area contributed by atoms with E-state index in [-0.39, 0.29) is 0 Å². The van der Waals surface area contributed by atoms with Crippen molar-refractivity contribution in [3.8, 4) is 0 Å². The topological polar surface area (TPSA) is 40.5 Å². The van der Waals surface area contributed by atoms with Crippen LogP contribution >= 0.6 is 0 Å². The second-order valence-electron chi connectivity index (χ2n) is 3.53. The average Bonchev–Trinajstić information content (AvgIpc) is 2.49. The highest BCUT2D eigenvalue weighted by molar-refractivity contribution is 5.79. The van der Waals surface area contributed by atoms with Gasteiger partial charge in [0.2, 0.25) is 0 Å². The van der Waals surface area contributed by atoms with Gasteiger partial charge in [-0.25, -0.2) is 0 Å². The highest BCUT2D eigenvalue weighted by Crippen LogP contribution is 2.32. The lowest BCUT2D eigenvalue weighted by molar-refractivity contribution is -0.149. The van der Waals surface area contributed by atoms with Gasteiger partial charge in [0.15, 0.2) is 0 Å². The Labute approximate surface area is 79.0 Å². The molecule has 1 aliphatic heterocycles. The molecule has 1 atom stereocenters. The summed E-state index contributed by atoms with van der Waals surface area (Å²) in [5.41, 5.74) is -0.617. The van der Waals surface area contributed by atoms with E-state index in [4.69, 9.17) is 0 Å². The molecule has 0 amide bonds. The van der Waals surface area contributed by atoms with Crippen LogP contribution in [0.3, 0.4) is 0 Å². The molecule has 0 spiro atoms. The molecule has 1 unspecified atom stereocenters. The largest absolute Gasteiger partial charge is 0.480 e. The van der Waals surface area contributed by atoms with E-state index in [0.717, 1.165) is 19.4 Å². The fourth-order valence-corrected chi connectivity index (χ4v) is 2.15. The third-order valence-corrected chi connectivity index (χ3v) is 2.96. The Balaban J connectivity index is 2.82. The molecule has 1 N–H and O–H groups in total. The van der Waals surface area contributed by atoms with Crippen LogP contribution in [-0.4, -0.2) is 34.6 Å². The van der Waals surface area contributed by atoms with Gasteiger partial charge >= 0.3 is 5.97 Å². The first-order valence-corrected chi connectivity index (χ1v) is 4.76. The molecule has 0 aromatic heterocycles. The number of hydrogen-bond donors (Lipinski definition) is 1. The summed E-state index contributed by atoms with van der Waals surface area (Å²) < 4.78 is 0. The Morgan fingerprint density at radius 1 is 1.77 bits per heavy atom. The van der Waals surface area contributed by atoms with Crippen molar-refractivity contribution in [3.05, 3.63) is 12.7 Å². The van der Waals surface area contributed by atoms with Crippen molar-refractivity contribution in [1.29, 1.82) is 0 Å². The predicted molar refractivity (Wildman–Crippen MR) is 51.7 cm³/mol. The van der Waals surface area contributed by atoms with Gasteiger partial charge in [0, 0.05) is 6.54 Å². The molecule has 1 heterocycles. The number of carboxylic acids is 1. The third-order valence-electron chi connectivity index (χ3n) is 2.96. The van der Waals surface area contributed by atoms with Gasteiger partial charge in [-0.3, -0.25) is 9.69 Å². The van der Waals surface area contributed by atoms with Crippen LogP contribution in [0.25, 0.3) is 0 Å². The van der Waals surface area contributed by atoms with Crippen LogP contribution in [-0.2, 0) is 4.79 Å². The summed E-state index contributed by atoms with van der Waals surface area (Å²) in [6.07, 6.45) is 4.20. The summed E-state index contributed by atoms with van der Waals surface area (Å²) in [6.45, 7) is 7.15. The second kappa shape index (κ2) is 3.92. The van der Waals surface area contributed by atoms with E-state index in [1.54, 1.807) is 6.08 Å². The molecule has 0 radical (unpaired) electrons. The quantitative estimate of drug-likeness (QED) is 0.671. The van der Waals surface area contributed by atoms with Crippen molar-refractivity contribution in [2.75, 3.05) is 13.1 Å². The first-order valence-electron chi connectivity index (χ1n) is 4.76. The lowest BCUT2D eigenvalue weighted by Gasteiger charge is -2.32. The molecule has 0 saturated carbocycles. The fraction of sp³-hybridized carbons (Fsp3) is 0.700. The minimum Gasteiger partial charge on any atom is -0.480 e. The molecule has 3 heteroatoms. The molecule has 3 nitrogen and oxygen atoms in total. The van der Waals surface area contributed by atoms with Crippen molar-refractivity contribution in [1.82, 2.24) is 4.90 Å². The molecule has 0 aromatic carbocycles. The van der Waals surface area contributed by atoms with Crippen molar-refractivity contribution in [2.24, 2.45) is 0 Å². The maximum atomic E-state index is 11.2. The van der Waals surface area contributed by atoms with Gasteiger partial charge in [0.1, 0.15) is 5.54 Å². The van der Waals surface area contributed by atoms with Crippen molar-refractivity contribution in [3.63, 3.8) is 0 Å². The SMILES string of the molecule is C=CCN1CCCC1(CC)C(=O)O. The van der Waals surface area contributed by atoms with Crippen LogP contribution in [0.2, 0.25) is 0 Å².